The van der Waals surface area contributed by atoms with Crippen LogP contribution in [0.5, 0.6) is 0 Å². The van der Waals surface area contributed by atoms with Gasteiger partial charge in [0.15, 0.2) is 17.9 Å². The Hall–Kier alpha value is -4.00. The number of rotatable bonds is 9. The van der Waals surface area contributed by atoms with E-state index < -0.39 is 54.5 Å². The number of carbonyl (C=O) groups is 5. The molecule has 39 heavy (non-hydrogen) atoms. The van der Waals surface area contributed by atoms with E-state index >= 15 is 0 Å². The number of anilines is 1. The van der Waals surface area contributed by atoms with Gasteiger partial charge in [-0.05, 0) is 25.5 Å². The highest BCUT2D eigenvalue weighted by Gasteiger charge is 2.52. The molecule has 1 aromatic carbocycles. The number of hydrogen-bond donors (Lipinski definition) is 1. The zero-order valence-corrected chi connectivity index (χ0v) is 22.7. The smallest absolute Gasteiger partial charge is 0.303 e. The van der Waals surface area contributed by atoms with Crippen LogP contribution in [-0.2, 0) is 47.8 Å². The van der Waals surface area contributed by atoms with Crippen molar-refractivity contribution >= 4 is 41.1 Å². The molecule has 0 spiro atoms. The number of hydrogen-bond acceptors (Lipinski definition) is 11. The first-order valence-corrected chi connectivity index (χ1v) is 12.5. The Morgan fingerprint density at radius 1 is 1.03 bits per heavy atom. The topological polar surface area (TPSA) is 159 Å². The maximum Gasteiger partial charge on any atom is 0.303 e. The minimum absolute atomic E-state index is 0.0232. The van der Waals surface area contributed by atoms with Gasteiger partial charge in [0.1, 0.15) is 18.8 Å². The molecule has 1 aromatic rings. The molecular weight excluding hydrogens is 514 g/mol. The Labute approximate surface area is 225 Å². The Morgan fingerprint density at radius 3 is 2.28 bits per heavy atom. The molecule has 13 heteroatoms. The summed E-state index contributed by atoms with van der Waals surface area (Å²) in [6.45, 7) is 8.58. The lowest BCUT2D eigenvalue weighted by molar-refractivity contribution is -0.278. The highest BCUT2D eigenvalue weighted by molar-refractivity contribution is 6.54. The van der Waals surface area contributed by atoms with Crippen LogP contribution >= 0.6 is 0 Å². The van der Waals surface area contributed by atoms with Gasteiger partial charge >= 0.3 is 17.9 Å². The normalized spacial score (nSPS) is 25.1. The zero-order chi connectivity index (χ0) is 28.9. The molecule has 3 rings (SSSR count). The Balaban J connectivity index is 2.02. The summed E-state index contributed by atoms with van der Waals surface area (Å²) in [5.74, 6) is -3.01. The van der Waals surface area contributed by atoms with Crippen molar-refractivity contribution in [2.45, 2.75) is 78.6 Å². The average molecular weight is 548 g/mol. The van der Waals surface area contributed by atoms with Crippen LogP contribution in [0.2, 0.25) is 0 Å². The summed E-state index contributed by atoms with van der Waals surface area (Å²) in [5.41, 5.74) is 2.16. The lowest BCUT2D eigenvalue weighted by Gasteiger charge is -2.43. The van der Waals surface area contributed by atoms with E-state index in [9.17, 15) is 24.0 Å². The quantitative estimate of drug-likeness (QED) is 0.270. The van der Waals surface area contributed by atoms with Crippen molar-refractivity contribution in [1.29, 1.82) is 0 Å². The molecule has 1 N–H and O–H groups in total. The van der Waals surface area contributed by atoms with Gasteiger partial charge in [-0.2, -0.15) is 0 Å². The summed E-state index contributed by atoms with van der Waals surface area (Å²) in [5, 5.41) is 6.71. The van der Waals surface area contributed by atoms with Gasteiger partial charge in [-0.25, -0.2) is 0 Å². The summed E-state index contributed by atoms with van der Waals surface area (Å²) in [7, 11) is 0. The molecule has 1 saturated heterocycles. The van der Waals surface area contributed by atoms with Gasteiger partial charge in [0, 0.05) is 39.8 Å². The first-order chi connectivity index (χ1) is 18.4. The van der Waals surface area contributed by atoms with Crippen LogP contribution in [0, 0.1) is 6.92 Å². The molecule has 2 heterocycles. The van der Waals surface area contributed by atoms with Gasteiger partial charge in [0.25, 0.3) is 12.2 Å². The largest absolute Gasteiger partial charge is 0.463 e. The van der Waals surface area contributed by atoms with Crippen molar-refractivity contribution in [3.63, 3.8) is 0 Å². The van der Waals surface area contributed by atoms with E-state index in [0.717, 1.165) is 19.4 Å². The summed E-state index contributed by atoms with van der Waals surface area (Å²) in [6, 6.07) is 4.30. The first-order valence-electron chi connectivity index (χ1n) is 12.5. The predicted octanol–water partition coefficient (Wildman–Crippen LogP) is 1.13. The molecule has 0 aromatic heterocycles. The minimum atomic E-state index is -1.43. The Bertz CT molecular complexity index is 1170. The fourth-order valence-electron chi connectivity index (χ4n) is 4.45. The van der Waals surface area contributed by atoms with Crippen LogP contribution in [0.1, 0.15) is 52.2 Å². The van der Waals surface area contributed by atoms with Crippen LogP contribution < -0.4 is 10.2 Å². The second-order valence-corrected chi connectivity index (χ2v) is 9.24. The van der Waals surface area contributed by atoms with Gasteiger partial charge in [-0.1, -0.05) is 23.7 Å². The van der Waals surface area contributed by atoms with E-state index in [2.05, 4.69) is 10.5 Å². The number of ether oxygens (including phenoxy) is 4. The van der Waals surface area contributed by atoms with Gasteiger partial charge in [-0.15, -0.1) is 0 Å². The highest BCUT2D eigenvalue weighted by Crippen LogP contribution is 2.32. The van der Waals surface area contributed by atoms with Crippen molar-refractivity contribution in [2.75, 3.05) is 18.1 Å². The number of amides is 2. The van der Waals surface area contributed by atoms with E-state index in [1.807, 2.05) is 26.0 Å². The molecule has 0 aliphatic carbocycles. The Morgan fingerprint density at radius 2 is 1.69 bits per heavy atom. The van der Waals surface area contributed by atoms with Gasteiger partial charge in [0.05, 0.1) is 5.69 Å². The first kappa shape index (κ1) is 29.6. The van der Waals surface area contributed by atoms with Gasteiger partial charge in [0.2, 0.25) is 5.91 Å². The number of nitrogens with zero attached hydrogens (tertiary/aromatic N) is 2. The van der Waals surface area contributed by atoms with Crippen LogP contribution in [0.15, 0.2) is 23.4 Å². The maximum atomic E-state index is 13.2. The van der Waals surface area contributed by atoms with Crippen molar-refractivity contribution in [2.24, 2.45) is 5.16 Å². The van der Waals surface area contributed by atoms with E-state index in [1.54, 1.807) is 11.0 Å². The standard InChI is InChI=1S/C26H33N3O10/c1-7-10-29-19-9-8-13(2)11-18(19)21(25(29)34)28-39-26-22(27-14(3)30)24(37-17(6)33)23(36-16(5)32)20(38-26)12-35-15(4)31/h8-9,11,20,22-24,26H,7,10,12H2,1-6H3,(H,27,30)/b28-21-/t20-,22+,23+,24-,26+/m0/s1. The fourth-order valence-corrected chi connectivity index (χ4v) is 4.45. The monoisotopic (exact) mass is 547 g/mol. The second kappa shape index (κ2) is 12.7. The van der Waals surface area contributed by atoms with Crippen molar-refractivity contribution < 1.29 is 47.8 Å². The van der Waals surface area contributed by atoms with E-state index in [4.69, 9.17) is 23.8 Å². The second-order valence-electron chi connectivity index (χ2n) is 9.24. The van der Waals surface area contributed by atoms with Gasteiger partial charge < -0.3 is 34.0 Å². The third-order valence-electron chi connectivity index (χ3n) is 5.91. The number of nitrogens with one attached hydrogen (secondary N) is 1. The number of fused-ring (bicyclic) bond motifs is 1. The lowest BCUT2D eigenvalue weighted by atomic mass is 9.96. The molecule has 13 nitrogen and oxygen atoms in total. The summed E-state index contributed by atoms with van der Waals surface area (Å²) >= 11 is 0. The van der Waals surface area contributed by atoms with E-state index in [-0.39, 0.29) is 18.2 Å². The molecule has 2 amide bonds. The highest BCUT2D eigenvalue weighted by atomic mass is 16.8. The third kappa shape index (κ3) is 7.11. The molecule has 5 atom stereocenters. The van der Waals surface area contributed by atoms with E-state index in [0.29, 0.717) is 24.2 Å². The minimum Gasteiger partial charge on any atom is -0.463 e. The fraction of sp³-hybridized carbons (Fsp3) is 0.538. The number of oxime groups is 1. The average Bonchev–Trinajstić information content (AvgIpc) is 3.09. The van der Waals surface area contributed by atoms with Crippen LogP contribution in [-0.4, -0.2) is 79.2 Å². The van der Waals surface area contributed by atoms with E-state index in [1.165, 1.54) is 13.8 Å². The lowest BCUT2D eigenvalue weighted by Crippen LogP contribution is -2.66. The number of carbonyl (C=O) groups excluding carboxylic acids is 5. The maximum absolute atomic E-state index is 13.2. The predicted molar refractivity (Wildman–Crippen MR) is 135 cm³/mol. The van der Waals surface area contributed by atoms with Crippen molar-refractivity contribution in [1.82, 2.24) is 5.32 Å². The summed E-state index contributed by atoms with van der Waals surface area (Å²) in [4.78, 5) is 68.1. The number of esters is 3. The van der Waals surface area contributed by atoms with Gasteiger partial charge in [-0.3, -0.25) is 24.0 Å². The number of aryl methyl sites for hydroxylation is 1. The molecular formula is C26H33N3O10. The van der Waals surface area contributed by atoms with Crippen molar-refractivity contribution in [3.8, 4) is 0 Å². The molecule has 0 unspecified atom stereocenters. The Kier molecular flexibility index (Phi) is 9.62. The molecule has 0 bridgehead atoms. The molecule has 2 aliphatic heterocycles. The molecule has 0 saturated carbocycles. The molecule has 1 fully saturated rings. The third-order valence-corrected chi connectivity index (χ3v) is 5.91. The molecule has 2 aliphatic rings. The summed E-state index contributed by atoms with van der Waals surface area (Å²) in [6.07, 6.45) is -4.46. The number of benzene rings is 1. The summed E-state index contributed by atoms with van der Waals surface area (Å²) < 4.78 is 21.8. The van der Waals surface area contributed by atoms with Crippen LogP contribution in [0.25, 0.3) is 0 Å². The molecule has 212 valence electrons. The van der Waals surface area contributed by atoms with Crippen LogP contribution in [0.4, 0.5) is 5.69 Å². The van der Waals surface area contributed by atoms with Crippen molar-refractivity contribution in [3.05, 3.63) is 29.3 Å². The molecule has 0 radical (unpaired) electrons. The van der Waals surface area contributed by atoms with Crippen LogP contribution in [0.3, 0.4) is 0 Å². The zero-order valence-electron chi connectivity index (χ0n) is 22.7. The SMILES string of the molecule is CCCN1C(=O)/C(=N\O[C@H]2O[C@@H](COC(C)=O)[C@@H](OC(C)=O)[C@@H](OC(C)=O)[C@H]2NC(C)=O)c2cc(C)ccc21.